The summed E-state index contributed by atoms with van der Waals surface area (Å²) in [6.07, 6.45) is -4.50. The molecular weight excluding hydrogens is 419 g/mol. The van der Waals surface area contributed by atoms with Crippen LogP contribution in [0.3, 0.4) is 0 Å². The van der Waals surface area contributed by atoms with E-state index in [4.69, 9.17) is 9.47 Å². The van der Waals surface area contributed by atoms with Gasteiger partial charge in [-0.05, 0) is 19.1 Å². The lowest BCUT2D eigenvalue weighted by Gasteiger charge is -2.31. The molecule has 1 fully saturated rings. The van der Waals surface area contributed by atoms with Crippen molar-refractivity contribution in [1.82, 2.24) is 19.6 Å². The number of alkyl halides is 3. The van der Waals surface area contributed by atoms with Gasteiger partial charge in [-0.2, -0.15) is 13.2 Å². The fraction of sp³-hybridized carbons (Fsp3) is 0.474. The smallest absolute Gasteiger partial charge is 0.418 e. The van der Waals surface area contributed by atoms with Gasteiger partial charge in [0.2, 0.25) is 5.65 Å². The minimum Gasteiger partial charge on any atom is -0.466 e. The van der Waals surface area contributed by atoms with Crippen LogP contribution in [0.2, 0.25) is 0 Å². The van der Waals surface area contributed by atoms with Crippen LogP contribution in [-0.4, -0.2) is 58.5 Å². The van der Waals surface area contributed by atoms with E-state index in [2.05, 4.69) is 15.2 Å². The highest BCUT2D eigenvalue weighted by Crippen LogP contribution is 2.39. The van der Waals surface area contributed by atoms with Crippen LogP contribution >= 0.6 is 0 Å². The molecule has 1 saturated heterocycles. The molecule has 9 nitrogen and oxygen atoms in total. The zero-order chi connectivity index (χ0) is 22.2. The number of nitrogens with one attached hydrogen (secondary N) is 1. The predicted octanol–water partition coefficient (Wildman–Crippen LogP) is 1.92. The Morgan fingerprint density at radius 2 is 2.00 bits per heavy atom. The number of morpholine rings is 1. The summed E-state index contributed by atoms with van der Waals surface area (Å²) in [5, 5.41) is 7.85. The largest absolute Gasteiger partial charge is 0.466 e. The number of halogens is 3. The first-order valence-electron chi connectivity index (χ1n) is 9.79. The number of benzene rings is 1. The summed E-state index contributed by atoms with van der Waals surface area (Å²) in [5.74, 6) is -0.159. The molecule has 3 heterocycles. The molecule has 1 N–H and O–H groups in total. The van der Waals surface area contributed by atoms with Crippen LogP contribution in [0.4, 0.5) is 18.9 Å². The monoisotopic (exact) mass is 439 g/mol. The van der Waals surface area contributed by atoms with Gasteiger partial charge in [-0.1, -0.05) is 0 Å². The molecule has 0 atom stereocenters. The van der Waals surface area contributed by atoms with Gasteiger partial charge >= 0.3 is 12.1 Å². The standard InChI is InChI=1S/C19H20F3N5O4/c1-2-31-16(28)4-3-15-24-25-17-18(29)23-12-9-11(19(20,21)22)13(10-14(12)27(15)17)26-5-7-30-8-6-26/h9-10H,2-8H2,1H3,(H,23,29). The van der Waals surface area contributed by atoms with E-state index in [9.17, 15) is 22.8 Å². The molecule has 0 amide bonds. The summed E-state index contributed by atoms with van der Waals surface area (Å²) >= 11 is 0. The first-order valence-corrected chi connectivity index (χ1v) is 9.79. The number of H-pyrrole nitrogens is 1. The molecule has 0 spiro atoms. The normalized spacial score (nSPS) is 15.0. The van der Waals surface area contributed by atoms with E-state index in [1.165, 1.54) is 10.5 Å². The number of aromatic nitrogens is 4. The van der Waals surface area contributed by atoms with Gasteiger partial charge in [0.15, 0.2) is 0 Å². The number of carbonyl (C=O) groups is 1. The Morgan fingerprint density at radius 1 is 1.26 bits per heavy atom. The number of anilines is 1. The maximum atomic E-state index is 13.8. The van der Waals surface area contributed by atoms with E-state index in [1.807, 2.05) is 0 Å². The zero-order valence-corrected chi connectivity index (χ0v) is 16.7. The molecule has 4 rings (SSSR count). The van der Waals surface area contributed by atoms with Gasteiger partial charge in [-0.25, -0.2) is 0 Å². The minimum absolute atomic E-state index is 0.000118. The number of hydrogen-bond acceptors (Lipinski definition) is 7. The quantitative estimate of drug-likeness (QED) is 0.606. The molecule has 12 heteroatoms. The van der Waals surface area contributed by atoms with Gasteiger partial charge in [0.25, 0.3) is 5.56 Å². The van der Waals surface area contributed by atoms with Crippen LogP contribution < -0.4 is 10.5 Å². The van der Waals surface area contributed by atoms with Crippen molar-refractivity contribution in [3.63, 3.8) is 0 Å². The number of hydrogen-bond donors (Lipinski definition) is 1. The lowest BCUT2D eigenvalue weighted by Crippen LogP contribution is -2.37. The van der Waals surface area contributed by atoms with Crippen molar-refractivity contribution >= 4 is 28.3 Å². The Balaban J connectivity index is 1.90. The van der Waals surface area contributed by atoms with Crippen LogP contribution in [0.1, 0.15) is 24.7 Å². The first kappa shape index (κ1) is 21.1. The molecule has 0 unspecified atom stereocenters. The molecule has 0 bridgehead atoms. The third kappa shape index (κ3) is 4.07. The highest BCUT2D eigenvalue weighted by Gasteiger charge is 2.36. The minimum atomic E-state index is -4.62. The van der Waals surface area contributed by atoms with E-state index in [-0.39, 0.29) is 42.1 Å². The molecule has 1 aliphatic heterocycles. The van der Waals surface area contributed by atoms with Gasteiger partial charge in [0.05, 0.1) is 48.5 Å². The number of ether oxygens (including phenoxy) is 2. The molecule has 0 aliphatic carbocycles. The van der Waals surface area contributed by atoms with Gasteiger partial charge in [-0.15, -0.1) is 10.2 Å². The maximum Gasteiger partial charge on any atom is 0.418 e. The average molecular weight is 439 g/mol. The van der Waals surface area contributed by atoms with Crippen molar-refractivity contribution in [3.05, 3.63) is 33.9 Å². The van der Waals surface area contributed by atoms with Crippen molar-refractivity contribution < 1.29 is 27.4 Å². The van der Waals surface area contributed by atoms with Crippen molar-refractivity contribution in [1.29, 1.82) is 0 Å². The van der Waals surface area contributed by atoms with Crippen LogP contribution in [0.25, 0.3) is 16.7 Å². The summed E-state index contributed by atoms with van der Waals surface area (Å²) in [6, 6.07) is 2.31. The average Bonchev–Trinajstić information content (AvgIpc) is 3.17. The Morgan fingerprint density at radius 3 is 2.68 bits per heavy atom. The van der Waals surface area contributed by atoms with Gasteiger partial charge in [0, 0.05) is 19.5 Å². The summed E-state index contributed by atoms with van der Waals surface area (Å²) in [4.78, 5) is 28.2. The molecule has 3 aromatic rings. The Bertz CT molecular complexity index is 1180. The van der Waals surface area contributed by atoms with Crippen molar-refractivity contribution in [2.75, 3.05) is 37.8 Å². The number of esters is 1. The maximum absolute atomic E-state index is 13.8. The van der Waals surface area contributed by atoms with E-state index in [0.29, 0.717) is 31.8 Å². The highest BCUT2D eigenvalue weighted by molar-refractivity contribution is 5.84. The first-order chi connectivity index (χ1) is 14.8. The number of carbonyl (C=O) groups excluding carboxylic acids is 1. The van der Waals surface area contributed by atoms with Crippen molar-refractivity contribution in [2.24, 2.45) is 0 Å². The second-order valence-electron chi connectivity index (χ2n) is 7.02. The third-order valence-corrected chi connectivity index (χ3v) is 5.05. The van der Waals surface area contributed by atoms with E-state index < -0.39 is 23.3 Å². The molecule has 0 saturated carbocycles. The van der Waals surface area contributed by atoms with Crippen LogP contribution in [0, 0.1) is 0 Å². The lowest BCUT2D eigenvalue weighted by atomic mass is 10.1. The second kappa shape index (κ2) is 8.17. The molecular formula is C19H20F3N5O4. The molecule has 0 radical (unpaired) electrons. The molecule has 1 aliphatic rings. The summed E-state index contributed by atoms with van der Waals surface area (Å²) < 4.78 is 53.0. The van der Waals surface area contributed by atoms with E-state index in [0.717, 1.165) is 6.07 Å². The number of fused-ring (bicyclic) bond motifs is 3. The van der Waals surface area contributed by atoms with Crippen LogP contribution in [0.5, 0.6) is 0 Å². The molecule has 166 valence electrons. The Hall–Kier alpha value is -3.15. The SMILES string of the molecule is CCOC(=O)CCc1nnc2c(=O)[nH]c3cc(C(F)(F)F)c(N4CCOCC4)cc3n12. The summed E-state index contributed by atoms with van der Waals surface area (Å²) in [5.41, 5.74) is -1.28. The number of nitrogens with zero attached hydrogens (tertiary/aromatic N) is 4. The fourth-order valence-electron chi connectivity index (χ4n) is 3.66. The fourth-order valence-corrected chi connectivity index (χ4v) is 3.66. The molecule has 31 heavy (non-hydrogen) atoms. The third-order valence-electron chi connectivity index (χ3n) is 5.05. The lowest BCUT2D eigenvalue weighted by molar-refractivity contribution is -0.143. The highest BCUT2D eigenvalue weighted by atomic mass is 19.4. The molecule has 1 aromatic carbocycles. The summed E-state index contributed by atoms with van der Waals surface area (Å²) in [7, 11) is 0. The second-order valence-corrected chi connectivity index (χ2v) is 7.02. The van der Waals surface area contributed by atoms with Crippen LogP contribution in [0.15, 0.2) is 16.9 Å². The van der Waals surface area contributed by atoms with Crippen LogP contribution in [-0.2, 0) is 26.9 Å². The van der Waals surface area contributed by atoms with Crippen molar-refractivity contribution in [3.8, 4) is 0 Å². The Kier molecular flexibility index (Phi) is 5.56. The van der Waals surface area contributed by atoms with E-state index in [1.54, 1.807) is 11.8 Å². The van der Waals surface area contributed by atoms with Gasteiger partial charge < -0.3 is 19.4 Å². The molecule has 2 aromatic heterocycles. The van der Waals surface area contributed by atoms with E-state index >= 15 is 0 Å². The Labute approximate surface area is 173 Å². The van der Waals surface area contributed by atoms with Gasteiger partial charge in [-0.3, -0.25) is 14.0 Å². The zero-order valence-electron chi connectivity index (χ0n) is 16.7. The number of aryl methyl sites for hydroxylation is 1. The number of rotatable bonds is 5. The summed E-state index contributed by atoms with van der Waals surface area (Å²) in [6.45, 7) is 3.15. The topological polar surface area (TPSA) is 102 Å². The van der Waals surface area contributed by atoms with Crippen molar-refractivity contribution in [2.45, 2.75) is 25.9 Å². The van der Waals surface area contributed by atoms with Gasteiger partial charge in [0.1, 0.15) is 5.82 Å². The number of aromatic amines is 1. The predicted molar refractivity (Wildman–Crippen MR) is 104 cm³/mol.